The zero-order chi connectivity index (χ0) is 14.0. The molecular weight excluding hydrogens is 242 g/mol. The summed E-state index contributed by atoms with van der Waals surface area (Å²) in [7, 11) is 0. The van der Waals surface area contributed by atoms with E-state index in [2.05, 4.69) is 4.98 Å². The van der Waals surface area contributed by atoms with Gasteiger partial charge in [-0.2, -0.15) is 0 Å². The Kier molecular flexibility index (Phi) is 3.75. The fourth-order valence-electron chi connectivity index (χ4n) is 2.32. The van der Waals surface area contributed by atoms with E-state index in [-0.39, 0.29) is 12.1 Å². The molecule has 0 bridgehead atoms. The average Bonchev–Trinajstić information content (AvgIpc) is 2.35. The summed E-state index contributed by atoms with van der Waals surface area (Å²) in [4.78, 5) is 18.1. The van der Waals surface area contributed by atoms with Gasteiger partial charge in [-0.25, -0.2) is 4.79 Å². The molecule has 1 atom stereocenters. The average molecular weight is 263 g/mol. The normalized spacial score (nSPS) is 18.9. The number of carbonyl (C=O) groups excluding carboxylic acids is 1. The Balaban J connectivity index is 2.22. The van der Waals surface area contributed by atoms with Crippen molar-refractivity contribution in [3.8, 4) is 0 Å². The van der Waals surface area contributed by atoms with Crippen molar-refractivity contribution in [2.24, 2.45) is 5.73 Å². The monoisotopic (exact) mass is 263 g/mol. The molecule has 5 nitrogen and oxygen atoms in total. The Morgan fingerprint density at radius 1 is 1.58 bits per heavy atom. The number of nitrogens with two attached hydrogens (primary N) is 1. The van der Waals surface area contributed by atoms with E-state index in [1.165, 1.54) is 5.56 Å². The van der Waals surface area contributed by atoms with E-state index in [9.17, 15) is 4.79 Å². The molecule has 1 amide bonds. The van der Waals surface area contributed by atoms with Crippen molar-refractivity contribution in [1.29, 1.82) is 0 Å². The fourth-order valence-corrected chi connectivity index (χ4v) is 2.32. The molecule has 2 N–H and O–H groups in total. The number of hydrogen-bond acceptors (Lipinski definition) is 4. The molecule has 104 valence electrons. The lowest BCUT2D eigenvalue weighted by Crippen LogP contribution is -2.45. The number of fused-ring (bicyclic) bond motifs is 1. The van der Waals surface area contributed by atoms with Gasteiger partial charge in [-0.1, -0.05) is 0 Å². The molecule has 1 aromatic rings. The first-order chi connectivity index (χ1) is 8.92. The van der Waals surface area contributed by atoms with Crippen molar-refractivity contribution in [3.05, 3.63) is 29.6 Å². The van der Waals surface area contributed by atoms with Crippen molar-refractivity contribution in [2.45, 2.75) is 38.8 Å². The second-order valence-corrected chi connectivity index (χ2v) is 5.75. The first kappa shape index (κ1) is 13.8. The standard InChI is InChI=1S/C14H21N3O2/c1-14(2,3)19-13(18)17-7-5-10-4-6-16-9-11(10)12(17)8-15/h4,6,9,12H,5,7-8,15H2,1-3H3. The van der Waals surface area contributed by atoms with Gasteiger partial charge in [0.2, 0.25) is 0 Å². The van der Waals surface area contributed by atoms with E-state index in [4.69, 9.17) is 10.5 Å². The highest BCUT2D eigenvalue weighted by Gasteiger charge is 2.32. The molecule has 0 saturated heterocycles. The lowest BCUT2D eigenvalue weighted by molar-refractivity contribution is 0.0149. The summed E-state index contributed by atoms with van der Waals surface area (Å²) in [5.74, 6) is 0. The van der Waals surface area contributed by atoms with Crippen LogP contribution in [0.4, 0.5) is 4.79 Å². The van der Waals surface area contributed by atoms with Crippen LogP contribution in [0.25, 0.3) is 0 Å². The van der Waals surface area contributed by atoms with Crippen molar-refractivity contribution in [3.63, 3.8) is 0 Å². The highest BCUT2D eigenvalue weighted by Crippen LogP contribution is 2.29. The number of hydrogen-bond donors (Lipinski definition) is 1. The van der Waals surface area contributed by atoms with Gasteiger partial charge in [-0.15, -0.1) is 0 Å². The number of pyridine rings is 1. The molecule has 5 heteroatoms. The van der Waals surface area contributed by atoms with Gasteiger partial charge in [0.15, 0.2) is 0 Å². The van der Waals surface area contributed by atoms with Gasteiger partial charge in [0.05, 0.1) is 6.04 Å². The Morgan fingerprint density at radius 3 is 2.95 bits per heavy atom. The van der Waals surface area contributed by atoms with Crippen LogP contribution >= 0.6 is 0 Å². The Labute approximate surface area is 113 Å². The van der Waals surface area contributed by atoms with E-state index >= 15 is 0 Å². The summed E-state index contributed by atoms with van der Waals surface area (Å²) >= 11 is 0. The third kappa shape index (κ3) is 3.04. The second kappa shape index (κ2) is 5.17. The van der Waals surface area contributed by atoms with Crippen LogP contribution in [-0.4, -0.2) is 34.7 Å². The third-order valence-corrected chi connectivity index (χ3v) is 3.15. The minimum atomic E-state index is -0.495. The molecule has 0 radical (unpaired) electrons. The SMILES string of the molecule is CC(C)(C)OC(=O)N1CCc2ccncc2C1CN. The minimum absolute atomic E-state index is 0.146. The zero-order valence-corrected chi connectivity index (χ0v) is 11.7. The van der Waals surface area contributed by atoms with Crippen molar-refractivity contribution >= 4 is 6.09 Å². The summed E-state index contributed by atoms with van der Waals surface area (Å²) in [6.45, 7) is 6.59. The molecule has 1 aliphatic rings. The quantitative estimate of drug-likeness (QED) is 0.840. The molecule has 2 rings (SSSR count). The Hall–Kier alpha value is -1.62. The van der Waals surface area contributed by atoms with Crippen molar-refractivity contribution in [2.75, 3.05) is 13.1 Å². The van der Waals surface area contributed by atoms with E-state index in [1.807, 2.05) is 26.8 Å². The number of aromatic nitrogens is 1. The minimum Gasteiger partial charge on any atom is -0.444 e. The molecule has 19 heavy (non-hydrogen) atoms. The predicted molar refractivity (Wildman–Crippen MR) is 72.7 cm³/mol. The maximum absolute atomic E-state index is 12.2. The highest BCUT2D eigenvalue weighted by molar-refractivity contribution is 5.69. The largest absolute Gasteiger partial charge is 0.444 e. The van der Waals surface area contributed by atoms with E-state index in [0.717, 1.165) is 12.0 Å². The highest BCUT2D eigenvalue weighted by atomic mass is 16.6. The molecule has 1 aliphatic heterocycles. The van der Waals surface area contributed by atoms with Gasteiger partial charge >= 0.3 is 6.09 Å². The maximum atomic E-state index is 12.2. The first-order valence-corrected chi connectivity index (χ1v) is 6.55. The number of rotatable bonds is 1. The smallest absolute Gasteiger partial charge is 0.410 e. The molecular formula is C14H21N3O2. The molecule has 0 fully saturated rings. The molecule has 0 spiro atoms. The summed E-state index contributed by atoms with van der Waals surface area (Å²) in [5, 5.41) is 0. The van der Waals surface area contributed by atoms with Gasteiger partial charge in [-0.3, -0.25) is 9.88 Å². The zero-order valence-electron chi connectivity index (χ0n) is 11.7. The molecule has 1 unspecified atom stereocenters. The summed E-state index contributed by atoms with van der Waals surface area (Å²) in [5.41, 5.74) is 7.58. The molecule has 0 aromatic carbocycles. The number of nitrogens with zero attached hydrogens (tertiary/aromatic N) is 2. The van der Waals surface area contributed by atoms with Crippen LogP contribution in [0.1, 0.15) is 37.9 Å². The van der Waals surface area contributed by atoms with Gasteiger partial charge < -0.3 is 10.5 Å². The predicted octanol–water partition coefficient (Wildman–Crippen LogP) is 1.87. The summed E-state index contributed by atoms with van der Waals surface area (Å²) in [6, 6.07) is 1.84. The van der Waals surface area contributed by atoms with Gasteiger partial charge in [0.1, 0.15) is 5.60 Å². The Bertz CT molecular complexity index is 468. The van der Waals surface area contributed by atoms with E-state index < -0.39 is 5.60 Å². The molecule has 1 aromatic heterocycles. The second-order valence-electron chi connectivity index (χ2n) is 5.75. The number of ether oxygens (including phenoxy) is 1. The van der Waals surface area contributed by atoms with Gasteiger partial charge in [0.25, 0.3) is 0 Å². The summed E-state index contributed by atoms with van der Waals surface area (Å²) in [6.07, 6.45) is 4.07. The number of amides is 1. The maximum Gasteiger partial charge on any atom is 0.410 e. The van der Waals surface area contributed by atoms with Gasteiger partial charge in [-0.05, 0) is 44.4 Å². The molecule has 0 aliphatic carbocycles. The topological polar surface area (TPSA) is 68.5 Å². The first-order valence-electron chi connectivity index (χ1n) is 6.55. The fraction of sp³-hybridized carbons (Fsp3) is 0.571. The van der Waals surface area contributed by atoms with E-state index in [0.29, 0.717) is 13.1 Å². The van der Waals surface area contributed by atoms with Crippen LogP contribution in [0.2, 0.25) is 0 Å². The number of carbonyl (C=O) groups is 1. The van der Waals surface area contributed by atoms with Crippen molar-refractivity contribution in [1.82, 2.24) is 9.88 Å². The summed E-state index contributed by atoms with van der Waals surface area (Å²) < 4.78 is 5.44. The lowest BCUT2D eigenvalue weighted by atomic mass is 9.95. The van der Waals surface area contributed by atoms with Crippen LogP contribution < -0.4 is 5.73 Å². The Morgan fingerprint density at radius 2 is 2.32 bits per heavy atom. The molecule has 2 heterocycles. The van der Waals surface area contributed by atoms with Crippen LogP contribution in [0.15, 0.2) is 18.5 Å². The van der Waals surface area contributed by atoms with E-state index in [1.54, 1.807) is 17.3 Å². The third-order valence-electron chi connectivity index (χ3n) is 3.15. The molecule has 0 saturated carbocycles. The van der Waals surface area contributed by atoms with Crippen LogP contribution in [0, 0.1) is 0 Å². The van der Waals surface area contributed by atoms with Crippen LogP contribution in [-0.2, 0) is 11.2 Å². The lowest BCUT2D eigenvalue weighted by Gasteiger charge is -2.37. The van der Waals surface area contributed by atoms with Gasteiger partial charge in [0, 0.05) is 25.5 Å². The van der Waals surface area contributed by atoms with Crippen LogP contribution in [0.3, 0.4) is 0 Å². The van der Waals surface area contributed by atoms with Crippen molar-refractivity contribution < 1.29 is 9.53 Å². The van der Waals surface area contributed by atoms with Crippen LogP contribution in [0.5, 0.6) is 0 Å².